The van der Waals surface area contributed by atoms with Gasteiger partial charge in [0.15, 0.2) is 0 Å². The standard InChI is InChI=1S/C21H20FNO3S/c1-25-21(6-8-26-9-7-21)15-11-16(22)13-18(12-15)27-17-3-4-19-14(10-17)2-5-20(19)23-24/h2-5,10-13,24H,6-9H2,1H3. The number of benzene rings is 2. The highest BCUT2D eigenvalue weighted by Crippen LogP contribution is 2.39. The molecule has 2 aromatic carbocycles. The number of allylic oxidation sites excluding steroid dienone is 1. The molecule has 0 bridgehead atoms. The van der Waals surface area contributed by atoms with E-state index in [0.717, 1.165) is 26.5 Å². The number of nitrogens with zero attached hydrogens (tertiary/aromatic N) is 1. The van der Waals surface area contributed by atoms with E-state index in [1.165, 1.54) is 11.8 Å². The fourth-order valence-corrected chi connectivity index (χ4v) is 4.61. The predicted octanol–water partition coefficient (Wildman–Crippen LogP) is 4.83. The monoisotopic (exact) mass is 385 g/mol. The highest BCUT2D eigenvalue weighted by atomic mass is 32.2. The van der Waals surface area contributed by atoms with Crippen LogP contribution in [0.4, 0.5) is 4.39 Å². The van der Waals surface area contributed by atoms with E-state index in [0.29, 0.717) is 31.8 Å². The Hall–Kier alpha value is -2.15. The van der Waals surface area contributed by atoms with Crippen LogP contribution in [-0.2, 0) is 15.1 Å². The third-order valence-corrected chi connectivity index (χ3v) is 6.11. The maximum atomic E-state index is 14.4. The highest BCUT2D eigenvalue weighted by Gasteiger charge is 2.35. The van der Waals surface area contributed by atoms with Gasteiger partial charge in [-0.2, -0.15) is 0 Å². The summed E-state index contributed by atoms with van der Waals surface area (Å²) >= 11 is 1.50. The average molecular weight is 385 g/mol. The summed E-state index contributed by atoms with van der Waals surface area (Å²) in [7, 11) is 1.68. The third-order valence-electron chi connectivity index (χ3n) is 5.15. The molecule has 0 atom stereocenters. The molecule has 0 unspecified atom stereocenters. The van der Waals surface area contributed by atoms with E-state index < -0.39 is 5.60 Å². The first kappa shape index (κ1) is 18.2. The normalized spacial score (nSPS) is 19.4. The van der Waals surface area contributed by atoms with Gasteiger partial charge >= 0.3 is 0 Å². The van der Waals surface area contributed by atoms with Gasteiger partial charge in [0.25, 0.3) is 0 Å². The molecule has 0 saturated carbocycles. The summed E-state index contributed by atoms with van der Waals surface area (Å²) in [5.41, 5.74) is 2.79. The minimum absolute atomic E-state index is 0.270. The van der Waals surface area contributed by atoms with Gasteiger partial charge in [-0.3, -0.25) is 0 Å². The molecule has 1 aliphatic heterocycles. The van der Waals surface area contributed by atoms with Crippen LogP contribution in [0, 0.1) is 5.82 Å². The van der Waals surface area contributed by atoms with Crippen molar-refractivity contribution >= 4 is 23.5 Å². The van der Waals surface area contributed by atoms with Crippen molar-refractivity contribution in [1.82, 2.24) is 0 Å². The molecule has 1 heterocycles. The van der Waals surface area contributed by atoms with Crippen molar-refractivity contribution in [3.05, 3.63) is 65.0 Å². The van der Waals surface area contributed by atoms with Crippen LogP contribution >= 0.6 is 11.8 Å². The number of ether oxygens (including phenoxy) is 2. The Balaban J connectivity index is 1.64. The second-order valence-electron chi connectivity index (χ2n) is 6.66. The van der Waals surface area contributed by atoms with E-state index in [2.05, 4.69) is 5.16 Å². The van der Waals surface area contributed by atoms with Crippen molar-refractivity contribution in [1.29, 1.82) is 0 Å². The van der Waals surface area contributed by atoms with Crippen molar-refractivity contribution in [3.8, 4) is 0 Å². The Bertz CT molecular complexity index is 920. The fraction of sp³-hybridized carbons (Fsp3) is 0.286. The van der Waals surface area contributed by atoms with Crippen LogP contribution in [0.15, 0.2) is 57.4 Å². The molecule has 2 aliphatic rings. The summed E-state index contributed by atoms with van der Waals surface area (Å²) in [6, 6.07) is 11.0. The molecule has 0 amide bonds. The first-order valence-electron chi connectivity index (χ1n) is 8.80. The largest absolute Gasteiger partial charge is 0.410 e. The second-order valence-corrected chi connectivity index (χ2v) is 7.80. The number of rotatable bonds is 4. The zero-order valence-corrected chi connectivity index (χ0v) is 15.8. The lowest BCUT2D eigenvalue weighted by Crippen LogP contribution is -2.35. The van der Waals surface area contributed by atoms with E-state index in [1.807, 2.05) is 30.3 Å². The van der Waals surface area contributed by atoms with E-state index in [4.69, 9.17) is 14.7 Å². The molecule has 4 nitrogen and oxygen atoms in total. The third kappa shape index (κ3) is 3.52. The van der Waals surface area contributed by atoms with E-state index in [1.54, 1.807) is 25.3 Å². The summed E-state index contributed by atoms with van der Waals surface area (Å²) in [6.45, 7) is 1.22. The quantitative estimate of drug-likeness (QED) is 0.605. The first-order valence-corrected chi connectivity index (χ1v) is 9.61. The molecule has 4 rings (SSSR count). The summed E-state index contributed by atoms with van der Waals surface area (Å²) in [4.78, 5) is 1.82. The van der Waals surface area contributed by atoms with Gasteiger partial charge in [-0.15, -0.1) is 0 Å². The number of hydrogen-bond acceptors (Lipinski definition) is 5. The average Bonchev–Trinajstić information content (AvgIpc) is 3.10. The Labute approximate surface area is 161 Å². The van der Waals surface area contributed by atoms with Crippen LogP contribution < -0.4 is 0 Å². The van der Waals surface area contributed by atoms with Crippen molar-refractivity contribution in [2.24, 2.45) is 5.16 Å². The Morgan fingerprint density at radius 3 is 2.67 bits per heavy atom. The van der Waals surface area contributed by atoms with Gasteiger partial charge < -0.3 is 14.7 Å². The van der Waals surface area contributed by atoms with Crippen LogP contribution in [0.1, 0.15) is 29.5 Å². The molecule has 0 radical (unpaired) electrons. The van der Waals surface area contributed by atoms with Crippen LogP contribution in [0.5, 0.6) is 0 Å². The van der Waals surface area contributed by atoms with Crippen LogP contribution in [-0.4, -0.2) is 31.2 Å². The maximum absolute atomic E-state index is 14.4. The van der Waals surface area contributed by atoms with Crippen molar-refractivity contribution in [2.45, 2.75) is 28.2 Å². The summed E-state index contributed by atoms with van der Waals surface area (Å²) in [5.74, 6) is -0.270. The molecular weight excluding hydrogens is 365 g/mol. The van der Waals surface area contributed by atoms with Gasteiger partial charge in [0.2, 0.25) is 0 Å². The van der Waals surface area contributed by atoms with Crippen molar-refractivity contribution in [2.75, 3.05) is 20.3 Å². The first-order chi connectivity index (χ1) is 13.1. The van der Waals surface area contributed by atoms with Gasteiger partial charge in [0.05, 0.1) is 5.60 Å². The second kappa shape index (κ2) is 7.46. The molecule has 2 aromatic rings. The zero-order chi connectivity index (χ0) is 18.9. The van der Waals surface area contributed by atoms with E-state index in [9.17, 15) is 4.39 Å². The number of halogens is 1. The lowest BCUT2D eigenvalue weighted by Gasteiger charge is -2.36. The minimum Gasteiger partial charge on any atom is -0.410 e. The molecule has 6 heteroatoms. The molecule has 1 fully saturated rings. The van der Waals surface area contributed by atoms with Gasteiger partial charge in [0.1, 0.15) is 11.5 Å². The lowest BCUT2D eigenvalue weighted by molar-refractivity contribution is -0.0950. The molecular formula is C21H20FNO3S. The predicted molar refractivity (Wildman–Crippen MR) is 103 cm³/mol. The van der Waals surface area contributed by atoms with Crippen LogP contribution in [0.25, 0.3) is 6.08 Å². The van der Waals surface area contributed by atoms with Gasteiger partial charge in [0, 0.05) is 48.5 Å². The van der Waals surface area contributed by atoms with Crippen molar-refractivity contribution in [3.63, 3.8) is 0 Å². The zero-order valence-electron chi connectivity index (χ0n) is 14.9. The van der Waals surface area contributed by atoms with Gasteiger partial charge in [-0.25, -0.2) is 4.39 Å². The summed E-state index contributed by atoms with van der Waals surface area (Å²) < 4.78 is 25.6. The van der Waals surface area contributed by atoms with Gasteiger partial charge in [-0.05, 0) is 47.5 Å². The Kier molecular flexibility index (Phi) is 5.04. The number of oxime groups is 1. The van der Waals surface area contributed by atoms with Gasteiger partial charge in [-0.1, -0.05) is 29.1 Å². The van der Waals surface area contributed by atoms with Crippen LogP contribution in [0.3, 0.4) is 0 Å². The molecule has 0 aromatic heterocycles. The van der Waals surface area contributed by atoms with Crippen LogP contribution in [0.2, 0.25) is 0 Å². The SMILES string of the molecule is COC1(c2cc(F)cc(Sc3ccc4c(c3)C=CC4=NO)c2)CCOCC1. The molecule has 27 heavy (non-hydrogen) atoms. The smallest absolute Gasteiger partial charge is 0.124 e. The number of fused-ring (bicyclic) bond motifs is 1. The molecule has 140 valence electrons. The minimum atomic E-state index is -0.497. The summed E-state index contributed by atoms with van der Waals surface area (Å²) in [6.07, 6.45) is 5.11. The summed E-state index contributed by atoms with van der Waals surface area (Å²) in [5, 5.41) is 12.3. The molecule has 0 spiro atoms. The van der Waals surface area contributed by atoms with Crippen molar-refractivity contribution < 1.29 is 19.1 Å². The fourth-order valence-electron chi connectivity index (χ4n) is 3.65. The topological polar surface area (TPSA) is 51.0 Å². The number of methoxy groups -OCH3 is 1. The highest BCUT2D eigenvalue weighted by molar-refractivity contribution is 7.99. The Morgan fingerprint density at radius 2 is 1.93 bits per heavy atom. The molecule has 1 N–H and O–H groups in total. The van der Waals surface area contributed by atoms with E-state index >= 15 is 0 Å². The molecule has 1 aliphatic carbocycles. The molecule has 1 saturated heterocycles. The maximum Gasteiger partial charge on any atom is 0.124 e. The Morgan fingerprint density at radius 1 is 1.11 bits per heavy atom. The number of hydrogen-bond donors (Lipinski definition) is 1. The lowest BCUT2D eigenvalue weighted by atomic mass is 9.86. The van der Waals surface area contributed by atoms with E-state index in [-0.39, 0.29) is 5.82 Å².